The maximum absolute atomic E-state index is 12.7. The quantitative estimate of drug-likeness (QED) is 0.852. The van der Waals surface area contributed by atoms with E-state index < -0.39 is 10.0 Å². The average molecular weight is 324 g/mol. The lowest BCUT2D eigenvalue weighted by atomic mass is 10.2. The zero-order valence-corrected chi connectivity index (χ0v) is 13.9. The van der Waals surface area contributed by atoms with Crippen LogP contribution < -0.4 is 5.32 Å². The molecule has 1 aromatic carbocycles. The second kappa shape index (κ2) is 7.17. The first-order chi connectivity index (χ1) is 10.1. The molecule has 0 aliphatic carbocycles. The van der Waals surface area contributed by atoms with Gasteiger partial charge in [-0.15, -0.1) is 11.3 Å². The zero-order valence-electron chi connectivity index (χ0n) is 12.2. The lowest BCUT2D eigenvalue weighted by molar-refractivity contribution is 0.425. The number of sulfonamides is 1. The molecule has 4 nitrogen and oxygen atoms in total. The van der Waals surface area contributed by atoms with Crippen molar-refractivity contribution >= 4 is 21.4 Å². The highest BCUT2D eigenvalue weighted by Crippen LogP contribution is 2.25. The van der Waals surface area contributed by atoms with Gasteiger partial charge in [0.2, 0.25) is 0 Å². The number of rotatable bonds is 7. The van der Waals surface area contributed by atoms with Gasteiger partial charge in [0.05, 0.1) is 0 Å². The molecule has 2 aromatic rings. The molecule has 0 bridgehead atoms. The van der Waals surface area contributed by atoms with Gasteiger partial charge < -0.3 is 5.32 Å². The Balaban J connectivity index is 2.22. The normalized spacial score (nSPS) is 12.0. The third-order valence-corrected chi connectivity index (χ3v) is 6.61. The van der Waals surface area contributed by atoms with E-state index in [9.17, 15) is 8.42 Å². The molecule has 21 heavy (non-hydrogen) atoms. The SMILES string of the molecule is CCN(Cc1ccccc1)S(=O)(=O)c1ccc(CNC)s1. The summed E-state index contributed by atoms with van der Waals surface area (Å²) in [4.78, 5) is 1.02. The zero-order chi connectivity index (χ0) is 15.3. The fraction of sp³-hybridized carbons (Fsp3) is 0.333. The number of hydrogen-bond donors (Lipinski definition) is 1. The van der Waals surface area contributed by atoms with Gasteiger partial charge in [-0.2, -0.15) is 4.31 Å². The highest BCUT2D eigenvalue weighted by Gasteiger charge is 2.24. The lowest BCUT2D eigenvalue weighted by Crippen LogP contribution is -2.29. The van der Waals surface area contributed by atoms with Crippen LogP contribution in [0.5, 0.6) is 0 Å². The van der Waals surface area contributed by atoms with Crippen molar-refractivity contribution in [1.29, 1.82) is 0 Å². The van der Waals surface area contributed by atoms with E-state index >= 15 is 0 Å². The highest BCUT2D eigenvalue weighted by molar-refractivity contribution is 7.91. The molecule has 6 heteroatoms. The predicted octanol–water partition coefficient (Wildman–Crippen LogP) is 2.68. The van der Waals surface area contributed by atoms with Crippen LogP contribution in [0.3, 0.4) is 0 Å². The van der Waals surface area contributed by atoms with Crippen molar-refractivity contribution in [2.45, 2.75) is 24.2 Å². The van der Waals surface area contributed by atoms with Crippen LogP contribution in [0.25, 0.3) is 0 Å². The second-order valence-corrected chi connectivity index (χ2v) is 8.00. The Morgan fingerprint density at radius 3 is 2.48 bits per heavy atom. The van der Waals surface area contributed by atoms with E-state index in [4.69, 9.17) is 0 Å². The van der Waals surface area contributed by atoms with Gasteiger partial charge in [0, 0.05) is 24.5 Å². The van der Waals surface area contributed by atoms with Gasteiger partial charge in [0.15, 0.2) is 0 Å². The number of nitrogens with one attached hydrogen (secondary N) is 1. The van der Waals surface area contributed by atoms with Crippen LogP contribution in [0, 0.1) is 0 Å². The summed E-state index contributed by atoms with van der Waals surface area (Å²) in [5.41, 5.74) is 0.995. The van der Waals surface area contributed by atoms with E-state index in [0.717, 1.165) is 10.4 Å². The fourth-order valence-corrected chi connectivity index (χ4v) is 5.01. The van der Waals surface area contributed by atoms with Gasteiger partial charge in [-0.3, -0.25) is 0 Å². The van der Waals surface area contributed by atoms with Crippen LogP contribution in [0.2, 0.25) is 0 Å². The maximum Gasteiger partial charge on any atom is 0.252 e. The number of hydrogen-bond acceptors (Lipinski definition) is 4. The van der Waals surface area contributed by atoms with Gasteiger partial charge >= 0.3 is 0 Å². The van der Waals surface area contributed by atoms with E-state index in [1.54, 1.807) is 6.07 Å². The van der Waals surface area contributed by atoms with E-state index in [-0.39, 0.29) is 0 Å². The molecule has 0 aliphatic heterocycles. The number of benzene rings is 1. The third-order valence-electron chi connectivity index (χ3n) is 3.14. The summed E-state index contributed by atoms with van der Waals surface area (Å²) in [6, 6.07) is 13.2. The van der Waals surface area contributed by atoms with Crippen molar-refractivity contribution in [1.82, 2.24) is 9.62 Å². The molecule has 0 fully saturated rings. The Morgan fingerprint density at radius 1 is 1.14 bits per heavy atom. The summed E-state index contributed by atoms with van der Waals surface area (Å²) in [5.74, 6) is 0. The largest absolute Gasteiger partial charge is 0.315 e. The monoisotopic (exact) mass is 324 g/mol. The van der Waals surface area contributed by atoms with Crippen molar-refractivity contribution in [2.75, 3.05) is 13.6 Å². The molecular formula is C15H20N2O2S2. The molecule has 1 N–H and O–H groups in total. The van der Waals surface area contributed by atoms with Crippen molar-refractivity contribution in [3.8, 4) is 0 Å². The van der Waals surface area contributed by atoms with Crippen LogP contribution in [-0.4, -0.2) is 26.3 Å². The van der Waals surface area contributed by atoms with Gasteiger partial charge in [0.25, 0.3) is 10.0 Å². The first-order valence-electron chi connectivity index (χ1n) is 6.85. The molecule has 0 aliphatic rings. The Bertz CT molecular complexity index is 666. The van der Waals surface area contributed by atoms with E-state index in [1.165, 1.54) is 15.6 Å². The maximum atomic E-state index is 12.7. The molecular weight excluding hydrogens is 304 g/mol. The van der Waals surface area contributed by atoms with Crippen LogP contribution in [0.4, 0.5) is 0 Å². The molecule has 0 amide bonds. The standard InChI is InChI=1S/C15H20N2O2S2/c1-3-17(12-13-7-5-4-6-8-13)21(18,19)15-10-9-14(20-15)11-16-2/h4-10,16H,3,11-12H2,1-2H3. The van der Waals surface area contributed by atoms with Crippen molar-refractivity contribution in [2.24, 2.45) is 0 Å². The Hall–Kier alpha value is -1.21. The van der Waals surface area contributed by atoms with Crippen LogP contribution >= 0.6 is 11.3 Å². The number of thiophene rings is 1. The van der Waals surface area contributed by atoms with Gasteiger partial charge in [-0.25, -0.2) is 8.42 Å². The molecule has 0 radical (unpaired) electrons. The van der Waals surface area contributed by atoms with Crippen molar-refractivity contribution in [3.05, 3.63) is 52.9 Å². The lowest BCUT2D eigenvalue weighted by Gasteiger charge is -2.19. The summed E-state index contributed by atoms with van der Waals surface area (Å²) in [7, 11) is -1.57. The highest BCUT2D eigenvalue weighted by atomic mass is 32.2. The van der Waals surface area contributed by atoms with Crippen molar-refractivity contribution < 1.29 is 8.42 Å². The van der Waals surface area contributed by atoms with E-state index in [2.05, 4.69) is 5.32 Å². The van der Waals surface area contributed by atoms with E-state index in [0.29, 0.717) is 23.8 Å². The molecule has 2 rings (SSSR count). The van der Waals surface area contributed by atoms with Crippen LogP contribution in [0.15, 0.2) is 46.7 Å². The van der Waals surface area contributed by atoms with Crippen LogP contribution in [0.1, 0.15) is 17.4 Å². The minimum absolute atomic E-state index is 0.402. The summed E-state index contributed by atoms with van der Waals surface area (Å²) in [6.07, 6.45) is 0. The summed E-state index contributed by atoms with van der Waals surface area (Å²) < 4.78 is 27.3. The minimum Gasteiger partial charge on any atom is -0.315 e. The summed E-state index contributed by atoms with van der Waals surface area (Å²) in [5, 5.41) is 3.03. The number of nitrogens with zero attached hydrogens (tertiary/aromatic N) is 1. The molecule has 0 saturated heterocycles. The molecule has 0 unspecified atom stereocenters. The van der Waals surface area contributed by atoms with Crippen LogP contribution in [-0.2, 0) is 23.1 Å². The molecule has 1 heterocycles. The van der Waals surface area contributed by atoms with E-state index in [1.807, 2.05) is 50.4 Å². The first kappa shape index (κ1) is 16.2. The average Bonchev–Trinajstić information content (AvgIpc) is 2.95. The Kier molecular flexibility index (Phi) is 5.52. The smallest absolute Gasteiger partial charge is 0.252 e. The first-order valence-corrected chi connectivity index (χ1v) is 9.11. The minimum atomic E-state index is -3.42. The van der Waals surface area contributed by atoms with Gasteiger partial charge in [0.1, 0.15) is 4.21 Å². The molecule has 114 valence electrons. The molecule has 1 aromatic heterocycles. The predicted molar refractivity (Wildman–Crippen MR) is 86.8 cm³/mol. The van der Waals surface area contributed by atoms with Gasteiger partial charge in [-0.1, -0.05) is 37.3 Å². The Morgan fingerprint density at radius 2 is 1.86 bits per heavy atom. The second-order valence-electron chi connectivity index (χ2n) is 4.67. The fourth-order valence-electron chi connectivity index (χ4n) is 2.05. The topological polar surface area (TPSA) is 49.4 Å². The molecule has 0 atom stereocenters. The molecule has 0 saturated carbocycles. The summed E-state index contributed by atoms with van der Waals surface area (Å²) >= 11 is 1.33. The van der Waals surface area contributed by atoms with Crippen molar-refractivity contribution in [3.63, 3.8) is 0 Å². The summed E-state index contributed by atoms with van der Waals surface area (Å²) in [6.45, 7) is 3.41. The molecule has 0 spiro atoms. The third kappa shape index (κ3) is 3.91. The Labute approximate surface area is 130 Å². The van der Waals surface area contributed by atoms with Gasteiger partial charge in [-0.05, 0) is 24.7 Å².